The summed E-state index contributed by atoms with van der Waals surface area (Å²) in [4.78, 5) is 40.3. The normalized spacial score (nSPS) is 10.8. The second-order valence-corrected chi connectivity index (χ2v) is 6.57. The Morgan fingerprint density at radius 3 is 2.67 bits per heavy atom. The lowest BCUT2D eigenvalue weighted by Gasteiger charge is -2.11. The topological polar surface area (TPSA) is 113 Å². The minimum absolute atomic E-state index is 0.172. The third kappa shape index (κ3) is 4.17. The first-order valence-electron chi connectivity index (χ1n) is 8.23. The molecule has 1 amide bonds. The molecule has 3 N–H and O–H groups in total. The molecule has 0 bridgehead atoms. The number of benzene rings is 1. The smallest absolute Gasteiger partial charge is 0.311 e. The average molecular weight is 388 g/mol. The van der Waals surface area contributed by atoms with E-state index in [9.17, 15) is 14.4 Å². The molecule has 3 aromatic rings. The molecule has 0 saturated heterocycles. The number of anilines is 1. The van der Waals surface area contributed by atoms with Gasteiger partial charge in [-0.05, 0) is 25.5 Å². The molecule has 1 aromatic carbocycles. The van der Waals surface area contributed by atoms with Crippen LogP contribution in [-0.4, -0.2) is 25.7 Å². The van der Waals surface area contributed by atoms with E-state index >= 15 is 0 Å². The molecule has 0 radical (unpaired) electrons. The summed E-state index contributed by atoms with van der Waals surface area (Å²) in [6.07, 6.45) is 1.47. The summed E-state index contributed by atoms with van der Waals surface area (Å²) in [7, 11) is 0. The highest BCUT2D eigenvalue weighted by Gasteiger charge is 2.16. The van der Waals surface area contributed by atoms with Crippen molar-refractivity contribution in [2.45, 2.75) is 26.8 Å². The van der Waals surface area contributed by atoms with Crippen molar-refractivity contribution in [1.82, 2.24) is 19.7 Å². The minimum Gasteiger partial charge on any atom is -0.311 e. The highest BCUT2D eigenvalue weighted by atomic mass is 35.5. The molecule has 27 heavy (non-hydrogen) atoms. The van der Waals surface area contributed by atoms with Gasteiger partial charge >= 0.3 is 5.69 Å². The zero-order valence-electron chi connectivity index (χ0n) is 14.8. The zero-order chi connectivity index (χ0) is 19.6. The highest BCUT2D eigenvalue weighted by Crippen LogP contribution is 2.20. The fraction of sp³-hybridized carbons (Fsp3) is 0.222. The van der Waals surface area contributed by atoms with Crippen molar-refractivity contribution in [2.75, 3.05) is 5.32 Å². The van der Waals surface area contributed by atoms with Gasteiger partial charge in [-0.2, -0.15) is 5.10 Å². The highest BCUT2D eigenvalue weighted by molar-refractivity contribution is 6.31. The molecule has 0 spiro atoms. The molecule has 3 rings (SSSR count). The van der Waals surface area contributed by atoms with Gasteiger partial charge in [-0.3, -0.25) is 14.6 Å². The largest absolute Gasteiger partial charge is 0.325 e. The number of aromatic nitrogens is 4. The van der Waals surface area contributed by atoms with E-state index in [-0.39, 0.29) is 17.9 Å². The van der Waals surface area contributed by atoms with Crippen LogP contribution in [0.1, 0.15) is 22.4 Å². The first kappa shape index (κ1) is 18.7. The number of rotatable bonds is 5. The predicted molar refractivity (Wildman–Crippen MR) is 102 cm³/mol. The first-order valence-corrected chi connectivity index (χ1v) is 8.60. The van der Waals surface area contributed by atoms with Crippen molar-refractivity contribution in [1.29, 1.82) is 0 Å². The lowest BCUT2D eigenvalue weighted by molar-refractivity contribution is -0.115. The van der Waals surface area contributed by atoms with E-state index in [1.165, 1.54) is 0 Å². The van der Waals surface area contributed by atoms with Crippen LogP contribution in [0.3, 0.4) is 0 Å². The molecule has 0 aliphatic heterocycles. The molecule has 0 aliphatic carbocycles. The number of carbonyl (C=O) groups is 1. The third-order valence-electron chi connectivity index (χ3n) is 4.15. The molecule has 140 valence electrons. The van der Waals surface area contributed by atoms with Gasteiger partial charge < -0.3 is 10.3 Å². The lowest BCUT2D eigenvalue weighted by Crippen LogP contribution is -2.30. The summed E-state index contributed by atoms with van der Waals surface area (Å²) >= 11 is 6.20. The van der Waals surface area contributed by atoms with Gasteiger partial charge in [0.25, 0.3) is 5.56 Å². The van der Waals surface area contributed by atoms with Crippen molar-refractivity contribution in [2.24, 2.45) is 0 Å². The van der Waals surface area contributed by atoms with Crippen LogP contribution in [0.4, 0.5) is 5.82 Å². The van der Waals surface area contributed by atoms with Gasteiger partial charge in [0.15, 0.2) is 0 Å². The fourth-order valence-electron chi connectivity index (χ4n) is 2.73. The van der Waals surface area contributed by atoms with E-state index in [2.05, 4.69) is 20.4 Å². The maximum atomic E-state index is 12.5. The Morgan fingerprint density at radius 2 is 1.96 bits per heavy atom. The van der Waals surface area contributed by atoms with Crippen LogP contribution >= 0.6 is 11.6 Å². The molecule has 0 fully saturated rings. The van der Waals surface area contributed by atoms with Gasteiger partial charge in [-0.15, -0.1) is 0 Å². The van der Waals surface area contributed by atoms with Crippen molar-refractivity contribution in [3.8, 4) is 0 Å². The number of hydrogen-bond acceptors (Lipinski definition) is 4. The number of halogens is 1. The summed E-state index contributed by atoms with van der Waals surface area (Å²) in [6.45, 7) is 3.79. The first-order chi connectivity index (χ1) is 12.8. The number of nitrogens with one attached hydrogen (secondary N) is 3. The Kier molecular flexibility index (Phi) is 5.27. The van der Waals surface area contributed by atoms with Crippen LogP contribution in [0.5, 0.6) is 0 Å². The van der Waals surface area contributed by atoms with E-state index in [4.69, 9.17) is 11.6 Å². The monoisotopic (exact) mass is 387 g/mol. The van der Waals surface area contributed by atoms with Crippen molar-refractivity contribution in [3.05, 3.63) is 78.7 Å². The molecule has 8 nitrogen and oxygen atoms in total. The van der Waals surface area contributed by atoms with Gasteiger partial charge in [-0.25, -0.2) is 9.48 Å². The predicted octanol–water partition coefficient (Wildman–Crippen LogP) is 1.76. The minimum atomic E-state index is -0.602. The SMILES string of the molecule is Cc1cnn(Cc2ccccc2Cl)c1NC(=O)Cc1c(C)[nH]c(=O)[nH]c1=O. The number of nitrogens with zero attached hydrogens (tertiary/aromatic N) is 2. The number of amides is 1. The van der Waals surface area contributed by atoms with Crippen molar-refractivity contribution in [3.63, 3.8) is 0 Å². The van der Waals surface area contributed by atoms with E-state index in [0.29, 0.717) is 23.1 Å². The molecule has 2 aromatic heterocycles. The maximum Gasteiger partial charge on any atom is 0.325 e. The Hall–Kier alpha value is -3.13. The van der Waals surface area contributed by atoms with Crippen LogP contribution in [-0.2, 0) is 17.8 Å². The van der Waals surface area contributed by atoms with Crippen LogP contribution < -0.4 is 16.6 Å². The van der Waals surface area contributed by atoms with E-state index < -0.39 is 11.2 Å². The second-order valence-electron chi connectivity index (χ2n) is 6.16. The number of aromatic amines is 2. The molecule has 0 unspecified atom stereocenters. The Bertz CT molecular complexity index is 1110. The van der Waals surface area contributed by atoms with Crippen LogP contribution in [0.15, 0.2) is 40.1 Å². The average Bonchev–Trinajstić information content (AvgIpc) is 2.93. The second kappa shape index (κ2) is 7.63. The molecule has 0 aliphatic rings. The van der Waals surface area contributed by atoms with Crippen molar-refractivity contribution < 1.29 is 4.79 Å². The Labute approximate surface area is 159 Å². The molecule has 2 heterocycles. The summed E-state index contributed by atoms with van der Waals surface area (Å²) in [5.41, 5.74) is 1.04. The number of carbonyl (C=O) groups excluding carboxylic acids is 1. The lowest BCUT2D eigenvalue weighted by atomic mass is 10.1. The number of H-pyrrole nitrogens is 2. The maximum absolute atomic E-state index is 12.5. The van der Waals surface area contributed by atoms with E-state index in [1.807, 2.05) is 25.1 Å². The summed E-state index contributed by atoms with van der Waals surface area (Å²) in [6, 6.07) is 7.39. The summed E-state index contributed by atoms with van der Waals surface area (Å²) in [5.74, 6) is 0.137. The summed E-state index contributed by atoms with van der Waals surface area (Å²) in [5, 5.41) is 7.69. The third-order valence-corrected chi connectivity index (χ3v) is 4.52. The summed E-state index contributed by atoms with van der Waals surface area (Å²) < 4.78 is 1.64. The van der Waals surface area contributed by atoms with E-state index in [0.717, 1.165) is 11.1 Å². The Balaban J connectivity index is 1.81. The van der Waals surface area contributed by atoms with Gasteiger partial charge in [0.1, 0.15) is 5.82 Å². The quantitative estimate of drug-likeness (QED) is 0.619. The standard InChI is InChI=1S/C18H18ClN5O3/c1-10-8-20-24(9-12-5-3-4-6-14(12)19)16(10)22-15(25)7-13-11(2)21-18(27)23-17(13)26/h3-6,8H,7,9H2,1-2H3,(H,22,25)(H2,21,23,26,27). The molecule has 0 saturated carbocycles. The van der Waals surface area contributed by atoms with Crippen LogP contribution in [0.25, 0.3) is 0 Å². The van der Waals surface area contributed by atoms with Crippen molar-refractivity contribution >= 4 is 23.3 Å². The molecule has 0 atom stereocenters. The molecular formula is C18H18ClN5O3. The number of aryl methyl sites for hydroxylation is 2. The van der Waals surface area contributed by atoms with Gasteiger partial charge in [0.05, 0.1) is 19.2 Å². The van der Waals surface area contributed by atoms with Crippen LogP contribution in [0.2, 0.25) is 5.02 Å². The number of hydrogen-bond donors (Lipinski definition) is 3. The van der Waals surface area contributed by atoms with Gasteiger partial charge in [0.2, 0.25) is 5.91 Å². The fourth-order valence-corrected chi connectivity index (χ4v) is 2.92. The van der Waals surface area contributed by atoms with Gasteiger partial charge in [0, 0.05) is 21.8 Å². The Morgan fingerprint density at radius 1 is 1.22 bits per heavy atom. The molecule has 9 heteroatoms. The molecular weight excluding hydrogens is 370 g/mol. The van der Waals surface area contributed by atoms with Gasteiger partial charge in [-0.1, -0.05) is 29.8 Å². The zero-order valence-corrected chi connectivity index (χ0v) is 15.6. The van der Waals surface area contributed by atoms with Crippen LogP contribution in [0, 0.1) is 13.8 Å². The van der Waals surface area contributed by atoms with E-state index in [1.54, 1.807) is 23.9 Å².